The molecule has 2 amide bonds. The fourth-order valence-corrected chi connectivity index (χ4v) is 4.48. The van der Waals surface area contributed by atoms with E-state index in [1.807, 2.05) is 12.1 Å². The van der Waals surface area contributed by atoms with Gasteiger partial charge in [-0.1, -0.05) is 41.9 Å². The van der Waals surface area contributed by atoms with Crippen molar-refractivity contribution in [3.8, 4) is 5.75 Å². The monoisotopic (exact) mass is 496 g/mol. The molecule has 0 saturated carbocycles. The molecule has 4 rings (SSSR count). The van der Waals surface area contributed by atoms with E-state index in [1.54, 1.807) is 47.5 Å². The number of hydrogen-bond donors (Lipinski definition) is 2. The van der Waals surface area contributed by atoms with Gasteiger partial charge in [0.1, 0.15) is 23.4 Å². The number of carbonyl (C=O) groups excluding carboxylic acids is 2. The summed E-state index contributed by atoms with van der Waals surface area (Å²) in [4.78, 5) is 32.1. The Hall–Kier alpha value is -3.49. The van der Waals surface area contributed by atoms with Gasteiger partial charge in [-0.2, -0.15) is 0 Å². The summed E-state index contributed by atoms with van der Waals surface area (Å²) in [5, 5.41) is 3.24. The van der Waals surface area contributed by atoms with E-state index in [-0.39, 0.29) is 37.0 Å². The third-order valence-corrected chi connectivity index (χ3v) is 6.19. The van der Waals surface area contributed by atoms with Gasteiger partial charge in [-0.3, -0.25) is 14.5 Å². The number of ether oxygens (including phenoxy) is 1. The molecule has 0 bridgehead atoms. The molecule has 35 heavy (non-hydrogen) atoms. The highest BCUT2D eigenvalue weighted by Gasteiger charge is 2.35. The third-order valence-electron chi connectivity index (χ3n) is 5.89. The molecule has 9 heteroatoms. The number of benzene rings is 2. The van der Waals surface area contributed by atoms with Crippen molar-refractivity contribution in [3.63, 3.8) is 0 Å². The molecule has 2 heterocycles. The molecule has 182 valence electrons. The second-order valence-electron chi connectivity index (χ2n) is 8.46. The summed E-state index contributed by atoms with van der Waals surface area (Å²) >= 11 is 6.26. The lowest BCUT2D eigenvalue weighted by Crippen LogP contribution is -2.53. The molecule has 1 unspecified atom stereocenters. The number of aromatic nitrogens is 1. The SMILES string of the molecule is COc1ccc(CN2C(=O)C(NC(=O)C[C@H](N)Cc3ccccc3F)Cc3cccnc32)cc1Cl. The van der Waals surface area contributed by atoms with Crippen LogP contribution in [0.1, 0.15) is 23.1 Å². The predicted molar refractivity (Wildman–Crippen MR) is 132 cm³/mol. The average Bonchev–Trinajstić information content (AvgIpc) is 2.83. The first-order chi connectivity index (χ1) is 16.9. The Morgan fingerprint density at radius 3 is 2.83 bits per heavy atom. The number of halogens is 2. The van der Waals surface area contributed by atoms with Gasteiger partial charge in [0.15, 0.2) is 0 Å². The van der Waals surface area contributed by atoms with Crippen molar-refractivity contribution in [1.29, 1.82) is 0 Å². The minimum Gasteiger partial charge on any atom is -0.495 e. The quantitative estimate of drug-likeness (QED) is 0.498. The number of fused-ring (bicyclic) bond motifs is 1. The van der Waals surface area contributed by atoms with Gasteiger partial charge in [-0.05, 0) is 47.4 Å². The largest absolute Gasteiger partial charge is 0.495 e. The van der Waals surface area contributed by atoms with Crippen LogP contribution in [0.3, 0.4) is 0 Å². The van der Waals surface area contributed by atoms with Gasteiger partial charge in [0.2, 0.25) is 5.91 Å². The van der Waals surface area contributed by atoms with Gasteiger partial charge in [0.25, 0.3) is 5.91 Å². The van der Waals surface area contributed by atoms with Crippen LogP contribution in [-0.4, -0.2) is 36.0 Å². The van der Waals surface area contributed by atoms with Crippen LogP contribution < -0.4 is 20.7 Å². The van der Waals surface area contributed by atoms with Crippen molar-refractivity contribution in [3.05, 3.63) is 88.3 Å². The summed E-state index contributed by atoms with van der Waals surface area (Å²) in [6.45, 7) is 0.228. The van der Waals surface area contributed by atoms with Crippen LogP contribution in [0.2, 0.25) is 5.02 Å². The maximum absolute atomic E-state index is 13.9. The maximum atomic E-state index is 13.9. The summed E-state index contributed by atoms with van der Waals surface area (Å²) in [6, 6.07) is 13.9. The molecule has 3 N–H and O–H groups in total. The van der Waals surface area contributed by atoms with Crippen molar-refractivity contribution in [2.45, 2.75) is 37.9 Å². The van der Waals surface area contributed by atoms with E-state index in [0.29, 0.717) is 28.6 Å². The molecule has 0 saturated heterocycles. The number of nitrogens with one attached hydrogen (secondary N) is 1. The molecule has 1 aliphatic heterocycles. The van der Waals surface area contributed by atoms with Gasteiger partial charge < -0.3 is 15.8 Å². The number of nitrogens with two attached hydrogens (primary N) is 1. The normalized spacial score (nSPS) is 15.9. The Balaban J connectivity index is 1.47. The summed E-state index contributed by atoms with van der Waals surface area (Å²) in [7, 11) is 1.53. The van der Waals surface area contributed by atoms with Gasteiger partial charge in [-0.15, -0.1) is 0 Å². The average molecular weight is 497 g/mol. The van der Waals surface area contributed by atoms with Gasteiger partial charge >= 0.3 is 0 Å². The van der Waals surface area contributed by atoms with Crippen LogP contribution in [0.25, 0.3) is 0 Å². The van der Waals surface area contributed by atoms with Crippen LogP contribution in [0.4, 0.5) is 10.2 Å². The van der Waals surface area contributed by atoms with Crippen molar-refractivity contribution >= 4 is 29.2 Å². The Labute approximate surface area is 208 Å². The van der Waals surface area contributed by atoms with E-state index < -0.39 is 12.1 Å². The summed E-state index contributed by atoms with van der Waals surface area (Å²) < 4.78 is 19.1. The zero-order chi connectivity index (χ0) is 24.9. The summed E-state index contributed by atoms with van der Waals surface area (Å²) in [5.41, 5.74) is 8.19. The molecule has 7 nitrogen and oxygen atoms in total. The van der Waals surface area contributed by atoms with Crippen LogP contribution in [0.15, 0.2) is 60.8 Å². The second kappa shape index (κ2) is 10.8. The lowest BCUT2D eigenvalue weighted by Gasteiger charge is -2.33. The van der Waals surface area contributed by atoms with E-state index in [1.165, 1.54) is 13.2 Å². The molecule has 2 atom stereocenters. The van der Waals surface area contributed by atoms with Crippen molar-refractivity contribution in [2.24, 2.45) is 5.73 Å². The second-order valence-corrected chi connectivity index (χ2v) is 8.87. The van der Waals surface area contributed by atoms with E-state index in [0.717, 1.165) is 11.1 Å². The fourth-order valence-electron chi connectivity index (χ4n) is 4.20. The molecule has 3 aromatic rings. The van der Waals surface area contributed by atoms with Crippen LogP contribution in [0.5, 0.6) is 5.75 Å². The minimum absolute atomic E-state index is 0.0356. The first kappa shape index (κ1) is 24.6. The van der Waals surface area contributed by atoms with Crippen LogP contribution >= 0.6 is 11.6 Å². The number of methoxy groups -OCH3 is 1. The summed E-state index contributed by atoms with van der Waals surface area (Å²) in [5.74, 6) is 0.0808. The van der Waals surface area contributed by atoms with E-state index in [9.17, 15) is 14.0 Å². The van der Waals surface area contributed by atoms with Crippen molar-refractivity contribution in [1.82, 2.24) is 10.3 Å². The van der Waals surface area contributed by atoms with Crippen molar-refractivity contribution in [2.75, 3.05) is 12.0 Å². The number of carbonyl (C=O) groups is 2. The fraction of sp³-hybridized carbons (Fsp3) is 0.269. The zero-order valence-electron chi connectivity index (χ0n) is 19.2. The molecule has 2 aromatic carbocycles. The van der Waals surface area contributed by atoms with E-state index >= 15 is 0 Å². The van der Waals surface area contributed by atoms with Crippen molar-refractivity contribution < 1.29 is 18.7 Å². The van der Waals surface area contributed by atoms with E-state index in [4.69, 9.17) is 22.1 Å². The standard InChI is InChI=1S/C26H26ClFN4O3/c1-35-23-9-8-16(11-20(23)27)15-32-25-18(6-4-10-30-25)13-22(26(32)34)31-24(33)14-19(29)12-17-5-2-3-7-21(17)28/h2-11,19,22H,12-15,29H2,1H3,(H,31,33)/t19-,22?/m1/s1. The number of rotatable bonds is 8. The highest BCUT2D eigenvalue weighted by Crippen LogP contribution is 2.30. The lowest BCUT2D eigenvalue weighted by atomic mass is 9.98. The summed E-state index contributed by atoms with van der Waals surface area (Å²) in [6.07, 6.45) is 2.12. The number of hydrogen-bond acceptors (Lipinski definition) is 5. The third kappa shape index (κ3) is 5.78. The Bertz CT molecular complexity index is 1240. The van der Waals surface area contributed by atoms with E-state index in [2.05, 4.69) is 10.3 Å². The Morgan fingerprint density at radius 2 is 2.09 bits per heavy atom. The first-order valence-electron chi connectivity index (χ1n) is 11.2. The number of pyridine rings is 1. The van der Waals surface area contributed by atoms with Gasteiger partial charge in [0, 0.05) is 25.1 Å². The maximum Gasteiger partial charge on any atom is 0.251 e. The Morgan fingerprint density at radius 1 is 1.29 bits per heavy atom. The molecule has 0 fully saturated rings. The number of nitrogens with zero attached hydrogens (tertiary/aromatic N) is 2. The van der Waals surface area contributed by atoms with Crippen LogP contribution in [-0.2, 0) is 29.0 Å². The Kier molecular flexibility index (Phi) is 7.63. The zero-order valence-corrected chi connectivity index (χ0v) is 20.0. The molecular formula is C26H26ClFN4O3. The smallest absolute Gasteiger partial charge is 0.251 e. The first-order valence-corrected chi connectivity index (χ1v) is 11.6. The highest BCUT2D eigenvalue weighted by molar-refractivity contribution is 6.32. The minimum atomic E-state index is -0.770. The number of amides is 2. The molecule has 0 spiro atoms. The predicted octanol–water partition coefficient (Wildman–Crippen LogP) is 3.42. The molecule has 0 aliphatic carbocycles. The highest BCUT2D eigenvalue weighted by atomic mass is 35.5. The molecular weight excluding hydrogens is 471 g/mol. The molecule has 1 aliphatic rings. The molecule has 1 aromatic heterocycles. The molecule has 0 radical (unpaired) electrons. The topological polar surface area (TPSA) is 97.5 Å². The van der Waals surface area contributed by atoms with Crippen LogP contribution in [0, 0.1) is 5.82 Å². The van der Waals surface area contributed by atoms with Gasteiger partial charge in [0.05, 0.1) is 18.7 Å². The van der Waals surface area contributed by atoms with Gasteiger partial charge in [-0.25, -0.2) is 9.37 Å². The lowest BCUT2D eigenvalue weighted by molar-refractivity contribution is -0.128. The number of anilines is 1.